The fourth-order valence-corrected chi connectivity index (χ4v) is 2.97. The third kappa shape index (κ3) is 3.08. The van der Waals surface area contributed by atoms with E-state index in [1.165, 1.54) is 5.56 Å². The Kier molecular flexibility index (Phi) is 3.89. The van der Waals surface area contributed by atoms with E-state index < -0.39 is 0 Å². The van der Waals surface area contributed by atoms with Gasteiger partial charge in [0.15, 0.2) is 17.3 Å². The number of para-hydroxylation sites is 1. The van der Waals surface area contributed by atoms with Crippen molar-refractivity contribution >= 4 is 23.2 Å². The highest BCUT2D eigenvalue weighted by molar-refractivity contribution is 6.02. The maximum Gasteiger partial charge on any atom is 0.277 e. The minimum absolute atomic E-state index is 0.231. The summed E-state index contributed by atoms with van der Waals surface area (Å²) in [4.78, 5) is 14.3. The second-order valence-corrected chi connectivity index (χ2v) is 5.94. The highest BCUT2D eigenvalue weighted by atomic mass is 16.5. The number of amides is 1. The first-order valence-electron chi connectivity index (χ1n) is 8.14. The molecular formula is C18H17N5O2. The van der Waals surface area contributed by atoms with Crippen molar-refractivity contribution in [1.29, 1.82) is 0 Å². The Bertz CT molecular complexity index is 904. The van der Waals surface area contributed by atoms with Crippen LogP contribution in [-0.4, -0.2) is 27.8 Å². The average Bonchev–Trinajstić information content (AvgIpc) is 3.06. The van der Waals surface area contributed by atoms with Crippen LogP contribution >= 0.6 is 0 Å². The lowest BCUT2D eigenvalue weighted by molar-refractivity contribution is 0.102. The Balaban J connectivity index is 1.54. The van der Waals surface area contributed by atoms with Crippen molar-refractivity contribution in [2.45, 2.75) is 19.8 Å². The molecule has 0 atom stereocenters. The van der Waals surface area contributed by atoms with Crippen molar-refractivity contribution in [3.63, 3.8) is 0 Å². The molecular weight excluding hydrogens is 318 g/mol. The Morgan fingerprint density at radius 1 is 1.20 bits per heavy atom. The van der Waals surface area contributed by atoms with Crippen molar-refractivity contribution in [1.82, 2.24) is 15.4 Å². The number of anilines is 3. The summed E-state index contributed by atoms with van der Waals surface area (Å²) in [5.74, 6) is 1.35. The number of nitrogens with one attached hydrogen (secondary N) is 1. The van der Waals surface area contributed by atoms with Crippen LogP contribution in [0.4, 0.5) is 17.3 Å². The third-order valence-electron chi connectivity index (χ3n) is 4.14. The van der Waals surface area contributed by atoms with E-state index in [2.05, 4.69) is 37.7 Å². The van der Waals surface area contributed by atoms with Gasteiger partial charge < -0.3 is 14.7 Å². The zero-order valence-corrected chi connectivity index (χ0v) is 13.8. The van der Waals surface area contributed by atoms with Gasteiger partial charge in [0.2, 0.25) is 0 Å². The first-order chi connectivity index (χ1) is 12.2. The standard InChI is InChI=1S/C18H17N5O2/c1-12-11-16(22-25-12)19-18(24)14-8-9-17(21-20-14)23-10-4-6-13-5-2-3-7-15(13)23/h2-3,5,7-9,11H,4,6,10H2,1H3,(H,19,22,24). The molecule has 25 heavy (non-hydrogen) atoms. The number of hydrogen-bond acceptors (Lipinski definition) is 6. The van der Waals surface area contributed by atoms with Crippen molar-refractivity contribution in [3.8, 4) is 0 Å². The zero-order valence-electron chi connectivity index (χ0n) is 13.8. The molecule has 7 nitrogen and oxygen atoms in total. The molecule has 0 saturated carbocycles. The quantitative estimate of drug-likeness (QED) is 0.792. The zero-order chi connectivity index (χ0) is 17.2. The van der Waals surface area contributed by atoms with Crippen LogP contribution in [0, 0.1) is 6.92 Å². The maximum absolute atomic E-state index is 12.2. The molecule has 1 aliphatic heterocycles. The molecule has 4 rings (SSSR count). The molecule has 1 amide bonds. The second kappa shape index (κ2) is 6.35. The molecule has 0 radical (unpaired) electrons. The number of hydrogen-bond donors (Lipinski definition) is 1. The van der Waals surface area contributed by atoms with Gasteiger partial charge in [-0.1, -0.05) is 23.4 Å². The van der Waals surface area contributed by atoms with E-state index in [1.807, 2.05) is 18.2 Å². The van der Waals surface area contributed by atoms with Gasteiger partial charge in [-0.15, -0.1) is 10.2 Å². The minimum atomic E-state index is -0.369. The molecule has 0 spiro atoms. The second-order valence-electron chi connectivity index (χ2n) is 5.94. The average molecular weight is 335 g/mol. The van der Waals surface area contributed by atoms with Gasteiger partial charge in [-0.05, 0) is 43.5 Å². The summed E-state index contributed by atoms with van der Waals surface area (Å²) in [5, 5.41) is 14.7. The van der Waals surface area contributed by atoms with Gasteiger partial charge in [0.05, 0.1) is 0 Å². The first-order valence-corrected chi connectivity index (χ1v) is 8.14. The predicted octanol–water partition coefficient (Wildman–Crippen LogP) is 3.11. The Morgan fingerprint density at radius 2 is 2.08 bits per heavy atom. The molecule has 0 saturated heterocycles. The topological polar surface area (TPSA) is 84.2 Å². The number of aromatic nitrogens is 3. The maximum atomic E-state index is 12.2. The van der Waals surface area contributed by atoms with Gasteiger partial charge in [-0.2, -0.15) is 0 Å². The molecule has 1 aliphatic rings. The Labute approximate surface area is 144 Å². The number of fused-ring (bicyclic) bond motifs is 1. The molecule has 3 aromatic rings. The SMILES string of the molecule is Cc1cc(NC(=O)c2ccc(N3CCCc4ccccc43)nn2)no1. The summed E-state index contributed by atoms with van der Waals surface area (Å²) in [5.41, 5.74) is 2.69. The van der Waals surface area contributed by atoms with Crippen LogP contribution < -0.4 is 10.2 Å². The number of carbonyl (C=O) groups excluding carboxylic acids is 1. The summed E-state index contributed by atoms with van der Waals surface area (Å²) in [6.45, 7) is 2.64. The highest BCUT2D eigenvalue weighted by Gasteiger charge is 2.19. The molecule has 126 valence electrons. The molecule has 0 aliphatic carbocycles. The van der Waals surface area contributed by atoms with Gasteiger partial charge >= 0.3 is 0 Å². The van der Waals surface area contributed by atoms with Crippen LogP contribution in [0.1, 0.15) is 28.2 Å². The van der Waals surface area contributed by atoms with Gasteiger partial charge in [0.1, 0.15) is 5.76 Å². The lowest BCUT2D eigenvalue weighted by Gasteiger charge is -2.29. The van der Waals surface area contributed by atoms with E-state index in [9.17, 15) is 4.79 Å². The summed E-state index contributed by atoms with van der Waals surface area (Å²) in [6, 6.07) is 13.4. The first kappa shape index (κ1) is 15.3. The van der Waals surface area contributed by atoms with E-state index in [0.29, 0.717) is 11.6 Å². The fourth-order valence-electron chi connectivity index (χ4n) is 2.97. The van der Waals surface area contributed by atoms with Crippen LogP contribution in [0.15, 0.2) is 47.0 Å². The summed E-state index contributed by atoms with van der Waals surface area (Å²) < 4.78 is 4.93. The minimum Gasteiger partial charge on any atom is -0.360 e. The highest BCUT2D eigenvalue weighted by Crippen LogP contribution is 2.31. The summed E-state index contributed by atoms with van der Waals surface area (Å²) in [7, 11) is 0. The monoisotopic (exact) mass is 335 g/mol. The van der Waals surface area contributed by atoms with E-state index in [1.54, 1.807) is 19.1 Å². The summed E-state index contributed by atoms with van der Waals surface area (Å²) in [6.07, 6.45) is 2.13. The van der Waals surface area contributed by atoms with Crippen LogP contribution in [0.3, 0.4) is 0 Å². The van der Waals surface area contributed by atoms with Crippen LogP contribution in [0.25, 0.3) is 0 Å². The molecule has 1 N–H and O–H groups in total. The van der Waals surface area contributed by atoms with E-state index >= 15 is 0 Å². The fraction of sp³-hybridized carbons (Fsp3) is 0.222. The van der Waals surface area contributed by atoms with E-state index in [-0.39, 0.29) is 11.6 Å². The molecule has 7 heteroatoms. The normalized spacial score (nSPS) is 13.4. The summed E-state index contributed by atoms with van der Waals surface area (Å²) >= 11 is 0. The molecule has 2 aromatic heterocycles. The van der Waals surface area contributed by atoms with Gasteiger partial charge in [-0.25, -0.2) is 0 Å². The van der Waals surface area contributed by atoms with Crippen molar-refractivity contribution in [3.05, 3.63) is 59.5 Å². The van der Waals surface area contributed by atoms with Crippen molar-refractivity contribution < 1.29 is 9.32 Å². The van der Waals surface area contributed by atoms with Gasteiger partial charge in [0, 0.05) is 18.3 Å². The van der Waals surface area contributed by atoms with Crippen molar-refractivity contribution in [2.24, 2.45) is 0 Å². The Hall–Kier alpha value is -3.22. The third-order valence-corrected chi connectivity index (χ3v) is 4.14. The number of benzene rings is 1. The number of rotatable bonds is 3. The lowest BCUT2D eigenvalue weighted by Crippen LogP contribution is -2.26. The molecule has 3 heterocycles. The number of aryl methyl sites for hydroxylation is 2. The van der Waals surface area contributed by atoms with Crippen molar-refractivity contribution in [2.75, 3.05) is 16.8 Å². The molecule has 0 fully saturated rings. The lowest BCUT2D eigenvalue weighted by atomic mass is 10.0. The van der Waals surface area contributed by atoms with Gasteiger partial charge in [-0.3, -0.25) is 4.79 Å². The predicted molar refractivity (Wildman–Crippen MR) is 93.0 cm³/mol. The van der Waals surface area contributed by atoms with E-state index in [4.69, 9.17) is 4.52 Å². The number of nitrogens with zero attached hydrogens (tertiary/aromatic N) is 4. The molecule has 0 bridgehead atoms. The van der Waals surface area contributed by atoms with E-state index in [0.717, 1.165) is 30.9 Å². The van der Waals surface area contributed by atoms with Crippen LogP contribution in [0.2, 0.25) is 0 Å². The molecule has 1 aromatic carbocycles. The van der Waals surface area contributed by atoms with Crippen LogP contribution in [0.5, 0.6) is 0 Å². The van der Waals surface area contributed by atoms with Gasteiger partial charge in [0.25, 0.3) is 5.91 Å². The Morgan fingerprint density at radius 3 is 2.84 bits per heavy atom. The largest absolute Gasteiger partial charge is 0.360 e. The van der Waals surface area contributed by atoms with Crippen LogP contribution in [-0.2, 0) is 6.42 Å². The smallest absolute Gasteiger partial charge is 0.277 e. The number of carbonyl (C=O) groups is 1. The molecule has 0 unspecified atom stereocenters.